The second kappa shape index (κ2) is 8.41. The Kier molecular flexibility index (Phi) is 5.67. The first-order chi connectivity index (χ1) is 14.9. The molecule has 0 atom stereocenters. The van der Waals surface area contributed by atoms with E-state index in [1.807, 2.05) is 0 Å². The summed E-state index contributed by atoms with van der Waals surface area (Å²) < 4.78 is 44.7. The molecule has 1 aromatic heterocycles. The molecule has 0 unspecified atom stereocenters. The highest BCUT2D eigenvalue weighted by Gasteiger charge is 2.20. The van der Waals surface area contributed by atoms with Crippen LogP contribution in [0.15, 0.2) is 83.8 Å². The zero-order valence-corrected chi connectivity index (χ0v) is 17.9. The van der Waals surface area contributed by atoms with Gasteiger partial charge in [0.2, 0.25) is 0 Å². The van der Waals surface area contributed by atoms with E-state index in [1.54, 1.807) is 48.5 Å². The van der Waals surface area contributed by atoms with Crippen molar-refractivity contribution in [3.05, 3.63) is 89.7 Å². The number of sulfonamides is 1. The molecular formula is C22H17ClFN3O3S. The van der Waals surface area contributed by atoms with Gasteiger partial charge in [-0.15, -0.1) is 0 Å². The number of hydrogen-bond acceptors (Lipinski definition) is 4. The first-order valence-corrected chi connectivity index (χ1v) is 11.0. The van der Waals surface area contributed by atoms with Gasteiger partial charge in [0.05, 0.1) is 23.4 Å². The molecule has 3 aromatic carbocycles. The highest BCUT2D eigenvalue weighted by Crippen LogP contribution is 2.33. The molecule has 0 radical (unpaired) electrons. The first kappa shape index (κ1) is 20.9. The second-order valence-corrected chi connectivity index (χ2v) is 8.68. The smallest absolute Gasteiger partial charge is 0.276 e. The van der Waals surface area contributed by atoms with Crippen LogP contribution in [-0.2, 0) is 10.0 Å². The molecule has 6 nitrogen and oxygen atoms in total. The van der Waals surface area contributed by atoms with Crippen molar-refractivity contribution in [1.29, 1.82) is 0 Å². The molecule has 0 aliphatic carbocycles. The quantitative estimate of drug-likeness (QED) is 0.444. The van der Waals surface area contributed by atoms with E-state index in [9.17, 15) is 12.8 Å². The van der Waals surface area contributed by atoms with Crippen molar-refractivity contribution < 1.29 is 17.5 Å². The Bertz CT molecular complexity index is 1320. The average Bonchev–Trinajstić information content (AvgIpc) is 3.17. The molecule has 0 amide bonds. The van der Waals surface area contributed by atoms with Crippen LogP contribution in [-0.4, -0.2) is 25.4 Å². The zero-order valence-electron chi connectivity index (χ0n) is 16.3. The van der Waals surface area contributed by atoms with Crippen LogP contribution in [0.5, 0.6) is 5.75 Å². The fraction of sp³-hybridized carbons (Fsp3) is 0.0455. The minimum atomic E-state index is -3.91. The lowest BCUT2D eigenvalue weighted by Crippen LogP contribution is -2.25. The fourth-order valence-electron chi connectivity index (χ4n) is 3.05. The number of benzene rings is 3. The van der Waals surface area contributed by atoms with Crippen molar-refractivity contribution >= 4 is 21.6 Å². The lowest BCUT2D eigenvalue weighted by Gasteiger charge is -2.11. The molecule has 1 N–H and O–H groups in total. The van der Waals surface area contributed by atoms with Crippen LogP contribution in [0.25, 0.3) is 22.5 Å². The summed E-state index contributed by atoms with van der Waals surface area (Å²) in [5.74, 6) is -0.180. The van der Waals surface area contributed by atoms with Crippen molar-refractivity contribution in [3.63, 3.8) is 0 Å². The van der Waals surface area contributed by atoms with E-state index in [2.05, 4.69) is 9.93 Å². The predicted octanol–water partition coefficient (Wildman–Crippen LogP) is 4.95. The van der Waals surface area contributed by atoms with Gasteiger partial charge in [-0.25, -0.2) is 4.39 Å². The van der Waals surface area contributed by atoms with E-state index in [0.717, 1.165) is 0 Å². The standard InChI is InChI=1S/C22H17ClFN3O3S/c1-30-22-13-17(24)11-12-19(22)20-14-21(15-7-9-16(23)10-8-15)27(25-20)26-31(28,29)18-5-3-2-4-6-18/h2-14,26H,1H3. The third-order valence-corrected chi connectivity index (χ3v) is 6.11. The topological polar surface area (TPSA) is 73.2 Å². The van der Waals surface area contributed by atoms with Gasteiger partial charge in [0.15, 0.2) is 0 Å². The maximum absolute atomic E-state index is 13.6. The molecule has 31 heavy (non-hydrogen) atoms. The highest BCUT2D eigenvalue weighted by molar-refractivity contribution is 7.92. The molecule has 0 bridgehead atoms. The molecule has 0 aliphatic rings. The number of aromatic nitrogens is 2. The Morgan fingerprint density at radius 1 is 1.00 bits per heavy atom. The van der Waals surface area contributed by atoms with Crippen LogP contribution in [0.1, 0.15) is 0 Å². The van der Waals surface area contributed by atoms with Crippen molar-refractivity contribution in [2.24, 2.45) is 0 Å². The minimum absolute atomic E-state index is 0.0912. The minimum Gasteiger partial charge on any atom is -0.496 e. The van der Waals surface area contributed by atoms with Gasteiger partial charge in [0, 0.05) is 22.2 Å². The van der Waals surface area contributed by atoms with Gasteiger partial charge in [-0.1, -0.05) is 41.9 Å². The number of methoxy groups -OCH3 is 1. The molecule has 0 aliphatic heterocycles. The third-order valence-electron chi connectivity index (χ3n) is 4.55. The zero-order chi connectivity index (χ0) is 22.0. The Labute approximate surface area is 183 Å². The second-order valence-electron chi connectivity index (χ2n) is 6.59. The monoisotopic (exact) mass is 457 g/mol. The van der Waals surface area contributed by atoms with Gasteiger partial charge in [-0.3, -0.25) is 0 Å². The van der Waals surface area contributed by atoms with Gasteiger partial charge < -0.3 is 4.74 Å². The molecule has 0 spiro atoms. The molecular weight excluding hydrogens is 441 g/mol. The Balaban J connectivity index is 1.84. The molecule has 0 saturated heterocycles. The van der Waals surface area contributed by atoms with E-state index < -0.39 is 15.8 Å². The SMILES string of the molecule is COc1cc(F)ccc1-c1cc(-c2ccc(Cl)cc2)n(NS(=O)(=O)c2ccccc2)n1. The molecule has 158 valence electrons. The molecule has 0 saturated carbocycles. The number of halogens is 2. The summed E-state index contributed by atoms with van der Waals surface area (Å²) in [6.45, 7) is 0. The number of nitrogens with one attached hydrogen (secondary N) is 1. The predicted molar refractivity (Wildman–Crippen MR) is 118 cm³/mol. The summed E-state index contributed by atoms with van der Waals surface area (Å²) in [6.07, 6.45) is 0. The number of nitrogens with zero attached hydrogens (tertiary/aromatic N) is 2. The molecule has 0 fully saturated rings. The van der Waals surface area contributed by atoms with Crippen LogP contribution in [0.2, 0.25) is 5.02 Å². The lowest BCUT2D eigenvalue weighted by atomic mass is 10.1. The van der Waals surface area contributed by atoms with Gasteiger partial charge in [-0.2, -0.15) is 23.1 Å². The Morgan fingerprint density at radius 3 is 2.39 bits per heavy atom. The number of rotatable bonds is 6. The maximum Gasteiger partial charge on any atom is 0.276 e. The first-order valence-electron chi connectivity index (χ1n) is 9.15. The third kappa shape index (κ3) is 4.40. The largest absolute Gasteiger partial charge is 0.496 e. The lowest BCUT2D eigenvalue weighted by molar-refractivity contribution is 0.413. The maximum atomic E-state index is 13.6. The molecule has 4 aromatic rings. The number of ether oxygens (including phenoxy) is 1. The average molecular weight is 458 g/mol. The summed E-state index contributed by atoms with van der Waals surface area (Å²) in [4.78, 5) is 3.75. The number of hydrogen-bond donors (Lipinski definition) is 1. The molecule has 9 heteroatoms. The van der Waals surface area contributed by atoms with E-state index in [1.165, 1.54) is 42.2 Å². The van der Waals surface area contributed by atoms with E-state index in [4.69, 9.17) is 16.3 Å². The Hall–Kier alpha value is -3.36. The van der Waals surface area contributed by atoms with Crippen LogP contribution < -0.4 is 9.57 Å². The normalized spacial score (nSPS) is 11.3. The van der Waals surface area contributed by atoms with Crippen LogP contribution in [0.3, 0.4) is 0 Å². The van der Waals surface area contributed by atoms with E-state index in [-0.39, 0.29) is 10.6 Å². The summed E-state index contributed by atoms with van der Waals surface area (Å²) >= 11 is 5.99. The van der Waals surface area contributed by atoms with Crippen LogP contribution in [0.4, 0.5) is 4.39 Å². The van der Waals surface area contributed by atoms with Gasteiger partial charge in [0.25, 0.3) is 10.0 Å². The van der Waals surface area contributed by atoms with Crippen molar-refractivity contribution in [2.75, 3.05) is 11.9 Å². The molecule has 4 rings (SSSR count). The van der Waals surface area contributed by atoms with Crippen LogP contribution >= 0.6 is 11.6 Å². The van der Waals surface area contributed by atoms with Crippen LogP contribution in [0, 0.1) is 5.82 Å². The summed E-state index contributed by atoms with van der Waals surface area (Å²) in [5.41, 5.74) is 2.06. The summed E-state index contributed by atoms with van der Waals surface area (Å²) in [7, 11) is -2.49. The van der Waals surface area contributed by atoms with Crippen molar-refractivity contribution in [2.45, 2.75) is 4.90 Å². The van der Waals surface area contributed by atoms with Crippen molar-refractivity contribution in [3.8, 4) is 28.3 Å². The van der Waals surface area contributed by atoms with E-state index in [0.29, 0.717) is 27.5 Å². The van der Waals surface area contributed by atoms with Gasteiger partial charge in [0.1, 0.15) is 11.6 Å². The summed E-state index contributed by atoms with van der Waals surface area (Å²) in [6, 6.07) is 20.6. The van der Waals surface area contributed by atoms with Gasteiger partial charge in [-0.05, 0) is 42.5 Å². The molecule has 1 heterocycles. The van der Waals surface area contributed by atoms with Crippen molar-refractivity contribution in [1.82, 2.24) is 9.89 Å². The Morgan fingerprint density at radius 2 is 1.71 bits per heavy atom. The highest BCUT2D eigenvalue weighted by atomic mass is 35.5. The summed E-state index contributed by atoms with van der Waals surface area (Å²) in [5, 5.41) is 4.96. The fourth-order valence-corrected chi connectivity index (χ4v) is 4.17. The van der Waals surface area contributed by atoms with E-state index >= 15 is 0 Å². The van der Waals surface area contributed by atoms with Gasteiger partial charge >= 0.3 is 0 Å².